The van der Waals surface area contributed by atoms with Crippen LogP contribution in [-0.2, 0) is 9.59 Å². The quantitative estimate of drug-likeness (QED) is 0.310. The third-order valence-corrected chi connectivity index (χ3v) is 7.64. The van der Waals surface area contributed by atoms with E-state index in [1.54, 1.807) is 12.1 Å². The molecule has 1 N–H and O–H groups in total. The monoisotopic (exact) mass is 509 g/mol. The molecule has 1 fully saturated rings. The molecule has 0 spiro atoms. The Balaban J connectivity index is 1.38. The number of nitrogens with one attached hydrogen (secondary N) is 1. The SMILES string of the molecule is Cc1ccc(NC(=O)CN2C(=O)S/C(=C/c3cc(C)n(-c4cccc5ccccc45)c3C)C2=O)cc1C. The van der Waals surface area contributed by atoms with E-state index < -0.39 is 17.1 Å². The van der Waals surface area contributed by atoms with Crippen molar-refractivity contribution in [2.45, 2.75) is 27.7 Å². The molecule has 0 aliphatic carbocycles. The Bertz CT molecular complexity index is 1610. The number of nitrogens with zero attached hydrogens (tertiary/aromatic N) is 2. The van der Waals surface area contributed by atoms with E-state index in [0.29, 0.717) is 10.6 Å². The van der Waals surface area contributed by atoms with Crippen LogP contribution in [0.5, 0.6) is 0 Å². The summed E-state index contributed by atoms with van der Waals surface area (Å²) < 4.78 is 2.16. The molecule has 186 valence electrons. The molecule has 6 nitrogen and oxygen atoms in total. The molecule has 7 heteroatoms. The van der Waals surface area contributed by atoms with Crippen LogP contribution in [0.3, 0.4) is 0 Å². The van der Waals surface area contributed by atoms with Crippen molar-refractivity contribution in [1.82, 2.24) is 9.47 Å². The van der Waals surface area contributed by atoms with Crippen molar-refractivity contribution in [3.05, 3.63) is 99.7 Å². The molecule has 3 aromatic carbocycles. The van der Waals surface area contributed by atoms with Crippen molar-refractivity contribution in [1.29, 1.82) is 0 Å². The van der Waals surface area contributed by atoms with Crippen molar-refractivity contribution in [3.8, 4) is 5.69 Å². The average molecular weight is 510 g/mol. The molecule has 3 amide bonds. The highest BCUT2D eigenvalue weighted by atomic mass is 32.2. The van der Waals surface area contributed by atoms with E-state index in [-0.39, 0.29) is 6.54 Å². The highest BCUT2D eigenvalue weighted by molar-refractivity contribution is 8.18. The summed E-state index contributed by atoms with van der Waals surface area (Å²) in [6.45, 7) is 7.65. The number of hydrogen-bond donors (Lipinski definition) is 1. The van der Waals surface area contributed by atoms with Gasteiger partial charge in [-0.05, 0) is 91.9 Å². The molecule has 1 aliphatic heterocycles. The van der Waals surface area contributed by atoms with E-state index >= 15 is 0 Å². The van der Waals surface area contributed by atoms with E-state index in [1.807, 2.05) is 64.1 Å². The number of carbonyl (C=O) groups excluding carboxylic acids is 3. The van der Waals surface area contributed by atoms with Gasteiger partial charge in [-0.3, -0.25) is 19.3 Å². The fourth-order valence-electron chi connectivity index (χ4n) is 4.65. The second kappa shape index (κ2) is 9.75. The lowest BCUT2D eigenvalue weighted by Gasteiger charge is -2.13. The first-order chi connectivity index (χ1) is 17.7. The molecule has 0 bridgehead atoms. The summed E-state index contributed by atoms with van der Waals surface area (Å²) in [6.07, 6.45) is 1.75. The standard InChI is InChI=1S/C30H27N3O3S/c1-18-12-13-24(14-19(18)2)31-28(34)17-32-29(35)27(37-30(32)36)16-23-15-20(3)33(21(23)4)26-11-7-9-22-8-5-6-10-25(22)26/h5-16H,17H2,1-4H3,(H,31,34)/b27-16+. The van der Waals surface area contributed by atoms with Crippen LogP contribution >= 0.6 is 11.8 Å². The number of rotatable bonds is 5. The van der Waals surface area contributed by atoms with Gasteiger partial charge in [0.15, 0.2) is 0 Å². The first-order valence-electron chi connectivity index (χ1n) is 12.0. The molecule has 1 saturated heterocycles. The Hall–Kier alpha value is -4.10. The van der Waals surface area contributed by atoms with Crippen LogP contribution < -0.4 is 5.32 Å². The van der Waals surface area contributed by atoms with Crippen molar-refractivity contribution in [2.24, 2.45) is 0 Å². The lowest BCUT2D eigenvalue weighted by atomic mass is 10.1. The molecule has 37 heavy (non-hydrogen) atoms. The lowest BCUT2D eigenvalue weighted by Crippen LogP contribution is -2.36. The van der Waals surface area contributed by atoms with E-state index in [2.05, 4.69) is 34.1 Å². The predicted octanol–water partition coefficient (Wildman–Crippen LogP) is 6.54. The second-order valence-corrected chi connectivity index (χ2v) is 10.3. The summed E-state index contributed by atoms with van der Waals surface area (Å²) in [4.78, 5) is 39.6. The maximum atomic E-state index is 13.1. The summed E-state index contributed by atoms with van der Waals surface area (Å²) in [5, 5.41) is 4.61. The summed E-state index contributed by atoms with van der Waals surface area (Å²) in [5.74, 6) is -0.874. The van der Waals surface area contributed by atoms with Gasteiger partial charge in [-0.25, -0.2) is 0 Å². The van der Waals surface area contributed by atoms with Gasteiger partial charge in [0.25, 0.3) is 11.1 Å². The molecule has 4 aromatic rings. The van der Waals surface area contributed by atoms with Crippen LogP contribution in [0.4, 0.5) is 10.5 Å². The Labute approximate surface area is 220 Å². The molecular weight excluding hydrogens is 482 g/mol. The summed E-state index contributed by atoms with van der Waals surface area (Å²) in [7, 11) is 0. The van der Waals surface area contributed by atoms with Gasteiger partial charge in [0, 0.05) is 22.5 Å². The number of hydrogen-bond acceptors (Lipinski definition) is 4. The Morgan fingerprint density at radius 2 is 1.68 bits per heavy atom. The van der Waals surface area contributed by atoms with Gasteiger partial charge in [0.05, 0.1) is 10.6 Å². The van der Waals surface area contributed by atoms with Crippen molar-refractivity contribution < 1.29 is 14.4 Å². The number of carbonyl (C=O) groups is 3. The number of aromatic nitrogens is 1. The van der Waals surface area contributed by atoms with Gasteiger partial charge in [-0.15, -0.1) is 0 Å². The maximum absolute atomic E-state index is 13.1. The Morgan fingerprint density at radius 3 is 2.46 bits per heavy atom. The minimum atomic E-state index is -0.458. The van der Waals surface area contributed by atoms with Crippen molar-refractivity contribution >= 4 is 51.4 Å². The summed E-state index contributed by atoms with van der Waals surface area (Å²) in [6, 6.07) is 22.0. The molecule has 0 unspecified atom stereocenters. The molecule has 1 aromatic heterocycles. The zero-order valence-corrected chi connectivity index (χ0v) is 22.0. The molecule has 2 heterocycles. The Morgan fingerprint density at radius 1 is 0.919 bits per heavy atom. The van der Waals surface area contributed by atoms with Crippen LogP contribution in [-0.4, -0.2) is 33.1 Å². The number of thioether (sulfide) groups is 1. The van der Waals surface area contributed by atoms with E-state index in [9.17, 15) is 14.4 Å². The zero-order chi connectivity index (χ0) is 26.3. The Kier molecular flexibility index (Phi) is 6.48. The van der Waals surface area contributed by atoms with Crippen LogP contribution in [0.2, 0.25) is 0 Å². The summed E-state index contributed by atoms with van der Waals surface area (Å²) in [5.41, 5.74) is 6.71. The first kappa shape index (κ1) is 24.6. The molecular formula is C30H27N3O3S. The summed E-state index contributed by atoms with van der Waals surface area (Å²) >= 11 is 0.861. The number of aryl methyl sites for hydroxylation is 3. The minimum Gasteiger partial charge on any atom is -0.325 e. The normalized spacial score (nSPS) is 14.7. The number of imide groups is 1. The maximum Gasteiger partial charge on any atom is 0.294 e. The average Bonchev–Trinajstić information content (AvgIpc) is 3.29. The number of anilines is 1. The van der Waals surface area contributed by atoms with Gasteiger partial charge in [0.1, 0.15) is 6.54 Å². The number of benzene rings is 3. The smallest absolute Gasteiger partial charge is 0.294 e. The van der Waals surface area contributed by atoms with E-state index in [4.69, 9.17) is 0 Å². The highest BCUT2D eigenvalue weighted by Crippen LogP contribution is 2.34. The largest absolute Gasteiger partial charge is 0.325 e. The number of fused-ring (bicyclic) bond motifs is 1. The van der Waals surface area contributed by atoms with Crippen molar-refractivity contribution in [2.75, 3.05) is 11.9 Å². The predicted molar refractivity (Wildman–Crippen MR) is 150 cm³/mol. The topological polar surface area (TPSA) is 71.4 Å². The van der Waals surface area contributed by atoms with Gasteiger partial charge in [0.2, 0.25) is 5.91 Å². The second-order valence-electron chi connectivity index (χ2n) is 9.28. The van der Waals surface area contributed by atoms with Gasteiger partial charge >= 0.3 is 0 Å². The fraction of sp³-hybridized carbons (Fsp3) is 0.167. The minimum absolute atomic E-state index is 0.308. The zero-order valence-electron chi connectivity index (χ0n) is 21.2. The van der Waals surface area contributed by atoms with Crippen LogP contribution in [0.25, 0.3) is 22.5 Å². The molecule has 0 radical (unpaired) electrons. The molecule has 0 saturated carbocycles. The van der Waals surface area contributed by atoms with E-state index in [1.165, 1.54) is 0 Å². The molecule has 0 atom stereocenters. The lowest BCUT2D eigenvalue weighted by molar-refractivity contribution is -0.127. The first-order valence-corrected chi connectivity index (χ1v) is 12.8. The van der Waals surface area contributed by atoms with Gasteiger partial charge in [-0.1, -0.05) is 42.5 Å². The highest BCUT2D eigenvalue weighted by Gasteiger charge is 2.36. The third-order valence-electron chi connectivity index (χ3n) is 6.73. The third kappa shape index (κ3) is 4.70. The number of amides is 3. The molecule has 1 aliphatic rings. The van der Waals surface area contributed by atoms with Crippen molar-refractivity contribution in [3.63, 3.8) is 0 Å². The van der Waals surface area contributed by atoms with Crippen LogP contribution in [0.15, 0.2) is 71.6 Å². The van der Waals surface area contributed by atoms with E-state index in [0.717, 1.165) is 61.2 Å². The van der Waals surface area contributed by atoms with Crippen LogP contribution in [0, 0.1) is 27.7 Å². The fourth-order valence-corrected chi connectivity index (χ4v) is 5.48. The van der Waals surface area contributed by atoms with Gasteiger partial charge < -0.3 is 9.88 Å². The van der Waals surface area contributed by atoms with Gasteiger partial charge in [-0.2, -0.15) is 0 Å². The molecule has 5 rings (SSSR count). The van der Waals surface area contributed by atoms with Crippen LogP contribution in [0.1, 0.15) is 28.1 Å².